The topological polar surface area (TPSA) is 49.8 Å². The second kappa shape index (κ2) is 7.74. The fourth-order valence-corrected chi connectivity index (χ4v) is 4.24. The summed E-state index contributed by atoms with van der Waals surface area (Å²) < 4.78 is 7.89. The van der Waals surface area contributed by atoms with Crippen LogP contribution in [0.25, 0.3) is 20.2 Å². The van der Waals surface area contributed by atoms with E-state index in [-0.39, 0.29) is 12.0 Å². The van der Waals surface area contributed by atoms with Crippen LogP contribution in [-0.4, -0.2) is 42.9 Å². The molecule has 0 amide bonds. The molecule has 26 heavy (non-hydrogen) atoms. The van der Waals surface area contributed by atoms with E-state index in [1.54, 1.807) is 11.3 Å². The van der Waals surface area contributed by atoms with Crippen molar-refractivity contribution in [3.8, 4) is 5.75 Å². The molecular formula is C21H25NO3S. The Kier molecular flexibility index (Phi) is 5.61. The second-order valence-corrected chi connectivity index (χ2v) is 7.80. The van der Waals surface area contributed by atoms with E-state index in [0.717, 1.165) is 32.5 Å². The van der Waals surface area contributed by atoms with Crippen LogP contribution in [0, 0.1) is 13.8 Å². The molecule has 0 saturated heterocycles. The van der Waals surface area contributed by atoms with E-state index in [4.69, 9.17) is 4.74 Å². The first-order valence-electron chi connectivity index (χ1n) is 8.87. The van der Waals surface area contributed by atoms with Gasteiger partial charge in [0.15, 0.2) is 5.43 Å². The molecule has 138 valence electrons. The van der Waals surface area contributed by atoms with Crippen molar-refractivity contribution in [3.05, 3.63) is 51.7 Å². The molecule has 0 aliphatic carbocycles. The lowest BCUT2D eigenvalue weighted by Crippen LogP contribution is -2.33. The van der Waals surface area contributed by atoms with Crippen LogP contribution in [0.5, 0.6) is 5.75 Å². The molecule has 0 aliphatic heterocycles. The first-order chi connectivity index (χ1) is 12.4. The Balaban J connectivity index is 1.99. The molecule has 0 fully saturated rings. The summed E-state index contributed by atoms with van der Waals surface area (Å²) in [6, 6.07) is 9.54. The van der Waals surface area contributed by atoms with Crippen LogP contribution in [0.2, 0.25) is 0 Å². The fourth-order valence-electron chi connectivity index (χ4n) is 3.04. The Bertz CT molecular complexity index is 996. The molecule has 1 N–H and O–H groups in total. The Morgan fingerprint density at radius 2 is 1.92 bits per heavy atom. The first-order valence-corrected chi connectivity index (χ1v) is 9.69. The van der Waals surface area contributed by atoms with Crippen molar-refractivity contribution in [1.29, 1.82) is 0 Å². The maximum absolute atomic E-state index is 12.9. The third kappa shape index (κ3) is 3.61. The molecule has 3 rings (SSSR count). The van der Waals surface area contributed by atoms with Gasteiger partial charge in [0.25, 0.3) is 0 Å². The number of ether oxygens (including phenoxy) is 1. The van der Waals surface area contributed by atoms with Crippen LogP contribution in [0.4, 0.5) is 0 Å². The van der Waals surface area contributed by atoms with E-state index in [2.05, 4.69) is 0 Å². The molecule has 0 radical (unpaired) electrons. The zero-order valence-electron chi connectivity index (χ0n) is 15.7. The molecule has 0 aliphatic rings. The lowest BCUT2D eigenvalue weighted by atomic mass is 10.1. The zero-order chi connectivity index (χ0) is 18.8. The second-order valence-electron chi connectivity index (χ2n) is 6.75. The van der Waals surface area contributed by atoms with Gasteiger partial charge in [-0.15, -0.1) is 11.3 Å². The largest absolute Gasteiger partial charge is 0.491 e. The van der Waals surface area contributed by atoms with Gasteiger partial charge >= 0.3 is 0 Å². The monoisotopic (exact) mass is 371 g/mol. The van der Waals surface area contributed by atoms with Gasteiger partial charge in [0.05, 0.1) is 0 Å². The molecule has 5 heteroatoms. The lowest BCUT2D eigenvalue weighted by Gasteiger charge is -2.20. The van der Waals surface area contributed by atoms with Crippen LogP contribution in [0.3, 0.4) is 0 Å². The lowest BCUT2D eigenvalue weighted by molar-refractivity contribution is 0.0776. The minimum atomic E-state index is -0.568. The number of likely N-dealkylation sites (N-methyl/N-ethyl adjacent to an activating group) is 1. The third-order valence-corrected chi connectivity index (χ3v) is 6.18. The van der Waals surface area contributed by atoms with Crippen LogP contribution < -0.4 is 10.2 Å². The summed E-state index contributed by atoms with van der Waals surface area (Å²) in [6.07, 6.45) is -0.568. The number of benzene rings is 2. The van der Waals surface area contributed by atoms with Crippen molar-refractivity contribution in [2.24, 2.45) is 0 Å². The summed E-state index contributed by atoms with van der Waals surface area (Å²) in [4.78, 5) is 15.0. The minimum Gasteiger partial charge on any atom is -0.491 e. The van der Waals surface area contributed by atoms with Crippen LogP contribution in [0.15, 0.2) is 35.1 Å². The number of fused-ring (bicyclic) bond motifs is 2. The number of rotatable bonds is 6. The smallest absolute Gasteiger partial charge is 0.196 e. The summed E-state index contributed by atoms with van der Waals surface area (Å²) in [5.41, 5.74) is 2.11. The van der Waals surface area contributed by atoms with E-state index in [0.29, 0.717) is 17.7 Å². The number of nitrogens with zero attached hydrogens (tertiary/aromatic N) is 1. The van der Waals surface area contributed by atoms with Gasteiger partial charge in [0.2, 0.25) is 0 Å². The van der Waals surface area contributed by atoms with Crippen molar-refractivity contribution in [3.63, 3.8) is 0 Å². The van der Waals surface area contributed by atoms with Crippen molar-refractivity contribution in [2.45, 2.75) is 26.9 Å². The maximum Gasteiger partial charge on any atom is 0.196 e. The van der Waals surface area contributed by atoms with Crippen LogP contribution >= 0.6 is 11.3 Å². The summed E-state index contributed by atoms with van der Waals surface area (Å²) in [7, 11) is 1.96. The third-order valence-electron chi connectivity index (χ3n) is 4.87. The van der Waals surface area contributed by atoms with Gasteiger partial charge in [-0.3, -0.25) is 4.79 Å². The maximum atomic E-state index is 12.9. The van der Waals surface area contributed by atoms with Gasteiger partial charge in [-0.1, -0.05) is 19.1 Å². The molecule has 0 saturated carbocycles. The molecule has 0 bridgehead atoms. The molecule has 1 unspecified atom stereocenters. The highest BCUT2D eigenvalue weighted by Gasteiger charge is 2.15. The number of hydrogen-bond donors (Lipinski definition) is 1. The van der Waals surface area contributed by atoms with Gasteiger partial charge in [-0.05, 0) is 56.8 Å². The zero-order valence-corrected chi connectivity index (χ0v) is 16.5. The van der Waals surface area contributed by atoms with Gasteiger partial charge < -0.3 is 14.7 Å². The summed E-state index contributed by atoms with van der Waals surface area (Å²) in [5, 5.41) is 11.6. The van der Waals surface area contributed by atoms with Crippen molar-refractivity contribution < 1.29 is 9.84 Å². The van der Waals surface area contributed by atoms with Gasteiger partial charge in [-0.25, -0.2) is 0 Å². The Morgan fingerprint density at radius 1 is 1.19 bits per heavy atom. The molecule has 0 spiro atoms. The van der Waals surface area contributed by atoms with E-state index in [9.17, 15) is 9.90 Å². The Hall–Kier alpha value is -1.95. The van der Waals surface area contributed by atoms with E-state index in [1.165, 1.54) is 0 Å². The SMILES string of the molecule is CCN(C)CC(O)COc1cc2c(=O)c3ccccc3sc2c(C)c1C. The predicted octanol–water partition coefficient (Wildman–Crippen LogP) is 3.72. The first kappa shape index (κ1) is 18.8. The van der Waals surface area contributed by atoms with Crippen molar-refractivity contribution in [1.82, 2.24) is 4.90 Å². The number of aryl methyl sites for hydroxylation is 1. The number of hydrogen-bond acceptors (Lipinski definition) is 5. The normalized spacial score (nSPS) is 12.8. The standard InChI is InChI=1S/C21H25NO3S/c1-5-22(4)11-15(23)12-25-18-10-17-20(24)16-8-6-7-9-19(16)26-21(17)14(3)13(18)2/h6-10,15,23H,5,11-12H2,1-4H3. The molecule has 1 heterocycles. The highest BCUT2D eigenvalue weighted by atomic mass is 32.1. The van der Waals surface area contributed by atoms with Crippen LogP contribution in [-0.2, 0) is 0 Å². The molecular weight excluding hydrogens is 346 g/mol. The molecule has 1 aromatic heterocycles. The van der Waals surface area contributed by atoms with E-state index < -0.39 is 6.10 Å². The van der Waals surface area contributed by atoms with E-state index >= 15 is 0 Å². The van der Waals surface area contributed by atoms with Crippen molar-refractivity contribution in [2.75, 3.05) is 26.7 Å². The summed E-state index contributed by atoms with van der Waals surface area (Å²) in [5.74, 6) is 0.674. The van der Waals surface area contributed by atoms with Gasteiger partial charge in [-0.2, -0.15) is 0 Å². The summed E-state index contributed by atoms with van der Waals surface area (Å²) in [6.45, 7) is 7.71. The highest BCUT2D eigenvalue weighted by Crippen LogP contribution is 2.33. The molecule has 1 atom stereocenters. The highest BCUT2D eigenvalue weighted by molar-refractivity contribution is 7.24. The summed E-state index contributed by atoms with van der Waals surface area (Å²) >= 11 is 1.64. The average molecular weight is 372 g/mol. The molecule has 4 nitrogen and oxygen atoms in total. The minimum absolute atomic E-state index is 0.0357. The van der Waals surface area contributed by atoms with E-state index in [1.807, 2.05) is 63.1 Å². The molecule has 3 aromatic rings. The Labute approximate surface area is 157 Å². The average Bonchev–Trinajstić information content (AvgIpc) is 2.64. The van der Waals surface area contributed by atoms with Crippen LogP contribution in [0.1, 0.15) is 18.1 Å². The van der Waals surface area contributed by atoms with Gasteiger partial charge in [0.1, 0.15) is 18.5 Å². The Morgan fingerprint density at radius 3 is 2.65 bits per heavy atom. The van der Waals surface area contributed by atoms with Gasteiger partial charge in [0, 0.05) is 26.7 Å². The fraction of sp³-hybridized carbons (Fsp3) is 0.381. The quantitative estimate of drug-likeness (QED) is 0.671. The number of aliphatic hydroxyl groups is 1. The molecule has 2 aromatic carbocycles. The predicted molar refractivity (Wildman–Crippen MR) is 110 cm³/mol. The number of aliphatic hydroxyl groups excluding tert-OH is 1. The van der Waals surface area contributed by atoms with Crippen molar-refractivity contribution >= 4 is 31.5 Å².